The van der Waals surface area contributed by atoms with E-state index in [4.69, 9.17) is 4.74 Å². The molecule has 0 saturated heterocycles. The molecule has 6 nitrogen and oxygen atoms in total. The molecule has 0 atom stereocenters. The highest BCUT2D eigenvalue weighted by Crippen LogP contribution is 2.31. The first-order valence-electron chi connectivity index (χ1n) is 10.9. The van der Waals surface area contributed by atoms with Crippen molar-refractivity contribution in [2.75, 3.05) is 13.2 Å². The normalized spacial score (nSPS) is 13.5. The van der Waals surface area contributed by atoms with Crippen molar-refractivity contribution in [1.29, 1.82) is 0 Å². The van der Waals surface area contributed by atoms with Crippen molar-refractivity contribution in [3.05, 3.63) is 77.4 Å². The van der Waals surface area contributed by atoms with Gasteiger partial charge in [0.05, 0.1) is 13.2 Å². The summed E-state index contributed by atoms with van der Waals surface area (Å²) >= 11 is 0. The van der Waals surface area contributed by atoms with E-state index in [0.29, 0.717) is 39.1 Å². The number of nitrogens with zero attached hydrogens (tertiary/aromatic N) is 3. The maximum Gasteiger partial charge on any atom is 0.330 e. The largest absolute Gasteiger partial charge is 0.463 e. The minimum absolute atomic E-state index is 0.0414. The van der Waals surface area contributed by atoms with Gasteiger partial charge in [-0.3, -0.25) is 4.79 Å². The first-order valence-corrected chi connectivity index (χ1v) is 10.9. The molecule has 32 heavy (non-hydrogen) atoms. The molecule has 1 aliphatic rings. The second kappa shape index (κ2) is 9.77. The number of hydrogen-bond donors (Lipinski definition) is 0. The summed E-state index contributed by atoms with van der Waals surface area (Å²) in [6.07, 6.45) is 6.36. The fourth-order valence-electron chi connectivity index (χ4n) is 4.20. The van der Waals surface area contributed by atoms with Crippen molar-refractivity contribution in [3.63, 3.8) is 0 Å². The van der Waals surface area contributed by atoms with Crippen LogP contribution in [0.3, 0.4) is 0 Å². The maximum absolute atomic E-state index is 13.7. The SMILES string of the molecule is CCOC(=O)C=CCCC(=O)N1CCc2c(n(Cc3cccc(F)c3)c3ncccc23)C1. The molecule has 4 rings (SSSR count). The Balaban J connectivity index is 1.53. The number of benzene rings is 1. The van der Waals surface area contributed by atoms with E-state index >= 15 is 0 Å². The predicted molar refractivity (Wildman–Crippen MR) is 119 cm³/mol. The lowest BCUT2D eigenvalue weighted by atomic mass is 10.0. The Labute approximate surface area is 186 Å². The van der Waals surface area contributed by atoms with Gasteiger partial charge in [-0.15, -0.1) is 0 Å². The fourth-order valence-corrected chi connectivity index (χ4v) is 4.20. The number of ether oxygens (including phenoxy) is 1. The zero-order chi connectivity index (χ0) is 22.5. The number of pyridine rings is 1. The molecule has 0 saturated carbocycles. The van der Waals surface area contributed by atoms with Crippen LogP contribution in [-0.2, 0) is 33.8 Å². The van der Waals surface area contributed by atoms with Gasteiger partial charge in [0, 0.05) is 42.9 Å². The van der Waals surface area contributed by atoms with Gasteiger partial charge in [0.1, 0.15) is 11.5 Å². The summed E-state index contributed by atoms with van der Waals surface area (Å²) in [5, 5.41) is 1.09. The Morgan fingerprint density at radius 2 is 2.12 bits per heavy atom. The number of rotatable bonds is 7. The fraction of sp³-hybridized carbons (Fsp3) is 0.320. The number of aromatic nitrogens is 2. The van der Waals surface area contributed by atoms with Gasteiger partial charge < -0.3 is 14.2 Å². The third kappa shape index (κ3) is 4.72. The van der Waals surface area contributed by atoms with E-state index < -0.39 is 5.97 Å². The van der Waals surface area contributed by atoms with Crippen molar-refractivity contribution >= 4 is 22.9 Å². The van der Waals surface area contributed by atoms with E-state index in [2.05, 4.69) is 15.6 Å². The van der Waals surface area contributed by atoms with Gasteiger partial charge in [0.15, 0.2) is 0 Å². The van der Waals surface area contributed by atoms with E-state index in [1.807, 2.05) is 17.0 Å². The summed E-state index contributed by atoms with van der Waals surface area (Å²) in [6.45, 7) is 3.70. The molecule has 3 aromatic rings. The van der Waals surface area contributed by atoms with Crippen LogP contribution in [0.4, 0.5) is 4.39 Å². The molecule has 0 radical (unpaired) electrons. The van der Waals surface area contributed by atoms with Gasteiger partial charge in [-0.25, -0.2) is 14.2 Å². The minimum Gasteiger partial charge on any atom is -0.463 e. The number of allylic oxidation sites excluding steroid dienone is 1. The van der Waals surface area contributed by atoms with Gasteiger partial charge in [-0.2, -0.15) is 0 Å². The summed E-state index contributed by atoms with van der Waals surface area (Å²) in [4.78, 5) is 30.6. The van der Waals surface area contributed by atoms with Crippen LogP contribution in [0, 0.1) is 5.82 Å². The summed E-state index contributed by atoms with van der Waals surface area (Å²) in [5.41, 5.74) is 3.96. The molecule has 2 aromatic heterocycles. The lowest BCUT2D eigenvalue weighted by Gasteiger charge is -2.28. The Morgan fingerprint density at radius 1 is 1.25 bits per heavy atom. The monoisotopic (exact) mass is 435 g/mol. The van der Waals surface area contributed by atoms with Crippen molar-refractivity contribution in [2.24, 2.45) is 0 Å². The number of fused-ring (bicyclic) bond motifs is 3. The molecule has 1 aromatic carbocycles. The summed E-state index contributed by atoms with van der Waals surface area (Å²) in [5.74, 6) is -0.620. The summed E-state index contributed by atoms with van der Waals surface area (Å²) in [7, 11) is 0. The quantitative estimate of drug-likeness (QED) is 0.416. The molecule has 166 valence electrons. The van der Waals surface area contributed by atoms with Gasteiger partial charge in [-0.1, -0.05) is 18.2 Å². The van der Waals surface area contributed by atoms with Gasteiger partial charge >= 0.3 is 5.97 Å². The Hall–Kier alpha value is -3.48. The highest BCUT2D eigenvalue weighted by atomic mass is 19.1. The first kappa shape index (κ1) is 21.7. The molecule has 3 heterocycles. The number of esters is 1. The number of carbonyl (C=O) groups excluding carboxylic acids is 2. The van der Waals surface area contributed by atoms with Crippen LogP contribution in [0.2, 0.25) is 0 Å². The number of halogens is 1. The van der Waals surface area contributed by atoms with Crippen LogP contribution in [0.25, 0.3) is 11.0 Å². The summed E-state index contributed by atoms with van der Waals surface area (Å²) in [6, 6.07) is 10.5. The molecule has 7 heteroatoms. The highest BCUT2D eigenvalue weighted by molar-refractivity contribution is 5.84. The molecule has 0 spiro atoms. The molecule has 0 aliphatic carbocycles. The standard InChI is InChI=1S/C25H26FN3O3/c1-2-32-24(31)11-4-3-10-23(30)28-14-12-20-21-9-6-13-27-25(21)29(22(20)17-28)16-18-7-5-8-19(26)15-18/h4-9,11,13,15H,2-3,10,12,14,16-17H2,1H3. The lowest BCUT2D eigenvalue weighted by Crippen LogP contribution is -2.36. The smallest absolute Gasteiger partial charge is 0.330 e. The molecule has 0 N–H and O–H groups in total. The van der Waals surface area contributed by atoms with Crippen molar-refractivity contribution < 1.29 is 18.7 Å². The second-order valence-corrected chi connectivity index (χ2v) is 7.77. The topological polar surface area (TPSA) is 64.4 Å². The van der Waals surface area contributed by atoms with Gasteiger partial charge in [-0.05, 0) is 55.2 Å². The summed E-state index contributed by atoms with van der Waals surface area (Å²) < 4.78 is 20.7. The molecular weight excluding hydrogens is 409 g/mol. The lowest BCUT2D eigenvalue weighted by molar-refractivity contribution is -0.137. The van der Waals surface area contributed by atoms with Crippen molar-refractivity contribution in [1.82, 2.24) is 14.5 Å². The third-order valence-corrected chi connectivity index (χ3v) is 5.66. The average molecular weight is 435 g/mol. The molecule has 0 bridgehead atoms. The van der Waals surface area contributed by atoms with Crippen LogP contribution >= 0.6 is 0 Å². The number of hydrogen-bond acceptors (Lipinski definition) is 4. The van der Waals surface area contributed by atoms with Crippen LogP contribution < -0.4 is 0 Å². The molecule has 0 fully saturated rings. The molecule has 1 amide bonds. The van der Waals surface area contributed by atoms with Crippen LogP contribution in [0.1, 0.15) is 36.6 Å². The van der Waals surface area contributed by atoms with E-state index in [9.17, 15) is 14.0 Å². The highest BCUT2D eigenvalue weighted by Gasteiger charge is 2.26. The maximum atomic E-state index is 13.7. The van der Waals surface area contributed by atoms with E-state index in [0.717, 1.165) is 28.7 Å². The van der Waals surface area contributed by atoms with Crippen molar-refractivity contribution in [3.8, 4) is 0 Å². The van der Waals surface area contributed by atoms with Crippen LogP contribution in [-0.4, -0.2) is 39.5 Å². The zero-order valence-corrected chi connectivity index (χ0v) is 18.1. The Morgan fingerprint density at radius 3 is 2.94 bits per heavy atom. The molecular formula is C25H26FN3O3. The van der Waals surface area contributed by atoms with E-state index in [1.54, 1.807) is 25.3 Å². The first-order chi connectivity index (χ1) is 15.6. The van der Waals surface area contributed by atoms with Crippen LogP contribution in [0.5, 0.6) is 0 Å². The number of amides is 1. The van der Waals surface area contributed by atoms with E-state index in [-0.39, 0.29) is 11.7 Å². The van der Waals surface area contributed by atoms with Crippen LogP contribution in [0.15, 0.2) is 54.7 Å². The van der Waals surface area contributed by atoms with Gasteiger partial charge in [0.25, 0.3) is 0 Å². The number of carbonyl (C=O) groups is 2. The molecule has 0 unspecified atom stereocenters. The minimum atomic E-state index is -0.392. The third-order valence-electron chi connectivity index (χ3n) is 5.66. The van der Waals surface area contributed by atoms with Gasteiger partial charge in [0.2, 0.25) is 5.91 Å². The zero-order valence-electron chi connectivity index (χ0n) is 18.1. The molecule has 1 aliphatic heterocycles. The van der Waals surface area contributed by atoms with E-state index in [1.165, 1.54) is 23.8 Å². The Kier molecular flexibility index (Phi) is 6.63. The predicted octanol–water partition coefficient (Wildman–Crippen LogP) is 4.01. The van der Waals surface area contributed by atoms with Crippen molar-refractivity contribution in [2.45, 2.75) is 39.3 Å². The second-order valence-electron chi connectivity index (χ2n) is 7.77. The Bertz CT molecular complexity index is 1170. The average Bonchev–Trinajstić information content (AvgIpc) is 3.10.